The summed E-state index contributed by atoms with van der Waals surface area (Å²) in [4.78, 5) is 14.3. The van der Waals surface area contributed by atoms with Crippen LogP contribution in [0.4, 0.5) is 0 Å². The number of aryl methyl sites for hydroxylation is 1. The minimum atomic E-state index is -0.0822. The van der Waals surface area contributed by atoms with Gasteiger partial charge in [0, 0.05) is 13.2 Å². The van der Waals surface area contributed by atoms with Crippen molar-refractivity contribution in [2.24, 2.45) is 7.05 Å². The average Bonchev–Trinajstić information content (AvgIpc) is 2.34. The third-order valence-electron chi connectivity index (χ3n) is 1.40. The Morgan fingerprint density at radius 3 is 2.90 bits per heavy atom. The van der Waals surface area contributed by atoms with Gasteiger partial charge in [-0.1, -0.05) is 6.92 Å². The van der Waals surface area contributed by atoms with Crippen LogP contribution in [0.1, 0.15) is 18.5 Å². The van der Waals surface area contributed by atoms with E-state index in [-0.39, 0.29) is 5.92 Å². The molecule has 0 fully saturated rings. The van der Waals surface area contributed by atoms with E-state index in [4.69, 9.17) is 0 Å². The third-order valence-corrected chi connectivity index (χ3v) is 1.40. The van der Waals surface area contributed by atoms with Gasteiger partial charge in [-0.05, 0) is 0 Å². The Morgan fingerprint density at radius 1 is 1.80 bits per heavy atom. The van der Waals surface area contributed by atoms with Gasteiger partial charge in [0.15, 0.2) is 0 Å². The predicted octanol–water partition coefficient (Wildman–Crippen LogP) is 0.722. The van der Waals surface area contributed by atoms with Crippen LogP contribution in [-0.2, 0) is 11.8 Å². The molecule has 0 spiro atoms. The Labute approximate surface area is 59.7 Å². The van der Waals surface area contributed by atoms with Crippen molar-refractivity contribution in [3.63, 3.8) is 0 Å². The topological polar surface area (TPSA) is 34.9 Å². The maximum absolute atomic E-state index is 10.3. The first-order valence-electron chi connectivity index (χ1n) is 3.17. The number of nitrogens with zero attached hydrogens (tertiary/aromatic N) is 2. The first-order valence-corrected chi connectivity index (χ1v) is 3.17. The summed E-state index contributed by atoms with van der Waals surface area (Å²) in [5, 5.41) is 0. The Bertz CT molecular complexity index is 229. The van der Waals surface area contributed by atoms with Gasteiger partial charge < -0.3 is 9.36 Å². The molecule has 1 rings (SSSR count). The van der Waals surface area contributed by atoms with Gasteiger partial charge >= 0.3 is 0 Å². The summed E-state index contributed by atoms with van der Waals surface area (Å²) < 4.78 is 1.83. The van der Waals surface area contributed by atoms with Gasteiger partial charge in [0.25, 0.3) is 0 Å². The van der Waals surface area contributed by atoms with Crippen molar-refractivity contribution in [3.8, 4) is 0 Å². The molecule has 1 aromatic heterocycles. The number of carbonyl (C=O) groups is 1. The van der Waals surface area contributed by atoms with Crippen LogP contribution in [0.2, 0.25) is 0 Å². The fraction of sp³-hybridized carbons (Fsp3) is 0.429. The molecule has 1 atom stereocenters. The van der Waals surface area contributed by atoms with Crippen molar-refractivity contribution >= 4 is 6.29 Å². The van der Waals surface area contributed by atoms with Gasteiger partial charge in [0.05, 0.1) is 17.9 Å². The lowest BCUT2D eigenvalue weighted by Crippen LogP contribution is -1.93. The summed E-state index contributed by atoms with van der Waals surface area (Å²) in [7, 11) is 1.88. The van der Waals surface area contributed by atoms with Crippen LogP contribution < -0.4 is 0 Å². The number of aldehydes is 1. The standard InChI is InChI=1S/C7H10N2O/c1-6(4-10)7-3-9(2)5-8-7/h3-6H,1-2H3. The Morgan fingerprint density at radius 2 is 2.50 bits per heavy atom. The van der Waals surface area contributed by atoms with E-state index in [1.807, 2.05) is 24.7 Å². The molecule has 0 aliphatic rings. The molecule has 0 amide bonds. The summed E-state index contributed by atoms with van der Waals surface area (Å²) in [6.07, 6.45) is 4.43. The Balaban J connectivity index is 2.84. The first-order chi connectivity index (χ1) is 4.74. The molecule has 0 saturated carbocycles. The number of imidazole rings is 1. The van der Waals surface area contributed by atoms with Gasteiger partial charge in [0.1, 0.15) is 6.29 Å². The van der Waals surface area contributed by atoms with Crippen LogP contribution in [0.3, 0.4) is 0 Å². The minimum Gasteiger partial charge on any atom is -0.340 e. The fourth-order valence-corrected chi connectivity index (χ4v) is 0.738. The highest BCUT2D eigenvalue weighted by atomic mass is 16.1. The van der Waals surface area contributed by atoms with E-state index in [1.54, 1.807) is 6.33 Å². The SMILES string of the molecule is CC(C=O)c1cn(C)cn1. The molecule has 1 unspecified atom stereocenters. The van der Waals surface area contributed by atoms with E-state index in [1.165, 1.54) is 0 Å². The lowest BCUT2D eigenvalue weighted by Gasteiger charge is -1.94. The van der Waals surface area contributed by atoms with Crippen LogP contribution in [0.5, 0.6) is 0 Å². The van der Waals surface area contributed by atoms with Crippen LogP contribution in [0.25, 0.3) is 0 Å². The zero-order chi connectivity index (χ0) is 7.56. The lowest BCUT2D eigenvalue weighted by atomic mass is 10.1. The van der Waals surface area contributed by atoms with E-state index >= 15 is 0 Å². The van der Waals surface area contributed by atoms with Crippen molar-refractivity contribution in [1.82, 2.24) is 9.55 Å². The number of rotatable bonds is 2. The number of aromatic nitrogens is 2. The largest absolute Gasteiger partial charge is 0.340 e. The Hall–Kier alpha value is -1.12. The molecule has 0 saturated heterocycles. The number of carbonyl (C=O) groups excluding carboxylic acids is 1. The first kappa shape index (κ1) is 6.99. The maximum atomic E-state index is 10.3. The average molecular weight is 138 g/mol. The molecule has 3 heteroatoms. The van der Waals surface area contributed by atoms with Crippen molar-refractivity contribution in [2.45, 2.75) is 12.8 Å². The highest BCUT2D eigenvalue weighted by Gasteiger charge is 2.04. The van der Waals surface area contributed by atoms with E-state index < -0.39 is 0 Å². The molecule has 0 aliphatic carbocycles. The van der Waals surface area contributed by atoms with Gasteiger partial charge in [0.2, 0.25) is 0 Å². The zero-order valence-corrected chi connectivity index (χ0v) is 6.11. The quantitative estimate of drug-likeness (QED) is 0.564. The molecule has 0 bridgehead atoms. The summed E-state index contributed by atoms with van der Waals surface area (Å²) in [5.41, 5.74) is 0.831. The molecular weight excluding hydrogens is 128 g/mol. The molecule has 54 valence electrons. The summed E-state index contributed by atoms with van der Waals surface area (Å²) in [5.74, 6) is -0.0822. The molecule has 10 heavy (non-hydrogen) atoms. The molecule has 0 aromatic carbocycles. The van der Waals surface area contributed by atoms with Crippen molar-refractivity contribution < 1.29 is 4.79 Å². The van der Waals surface area contributed by atoms with Gasteiger partial charge in [-0.25, -0.2) is 4.98 Å². The molecule has 1 aromatic rings. The molecule has 0 aliphatic heterocycles. The molecule has 3 nitrogen and oxygen atoms in total. The van der Waals surface area contributed by atoms with Crippen LogP contribution in [0.15, 0.2) is 12.5 Å². The van der Waals surface area contributed by atoms with Crippen molar-refractivity contribution in [1.29, 1.82) is 0 Å². The summed E-state index contributed by atoms with van der Waals surface area (Å²) in [6, 6.07) is 0. The third kappa shape index (κ3) is 1.23. The minimum absolute atomic E-state index is 0.0822. The highest BCUT2D eigenvalue weighted by Crippen LogP contribution is 2.07. The maximum Gasteiger partial charge on any atom is 0.128 e. The second kappa shape index (κ2) is 2.64. The second-order valence-corrected chi connectivity index (χ2v) is 2.39. The zero-order valence-electron chi connectivity index (χ0n) is 6.11. The second-order valence-electron chi connectivity index (χ2n) is 2.39. The Kier molecular flexibility index (Phi) is 1.85. The van der Waals surface area contributed by atoms with Crippen LogP contribution >= 0.6 is 0 Å². The highest BCUT2D eigenvalue weighted by molar-refractivity contribution is 5.59. The van der Waals surface area contributed by atoms with Crippen molar-refractivity contribution in [3.05, 3.63) is 18.2 Å². The molecule has 0 N–H and O–H groups in total. The number of hydrogen-bond donors (Lipinski definition) is 0. The molecule has 1 heterocycles. The van der Waals surface area contributed by atoms with E-state index in [9.17, 15) is 4.79 Å². The van der Waals surface area contributed by atoms with Crippen LogP contribution in [0, 0.1) is 0 Å². The summed E-state index contributed by atoms with van der Waals surface area (Å²) >= 11 is 0. The molecular formula is C7H10N2O. The monoisotopic (exact) mass is 138 g/mol. The van der Waals surface area contributed by atoms with E-state index in [0.717, 1.165) is 12.0 Å². The lowest BCUT2D eigenvalue weighted by molar-refractivity contribution is -0.108. The predicted molar refractivity (Wildman–Crippen MR) is 37.7 cm³/mol. The normalized spacial score (nSPS) is 13.0. The smallest absolute Gasteiger partial charge is 0.128 e. The van der Waals surface area contributed by atoms with Gasteiger partial charge in [-0.2, -0.15) is 0 Å². The van der Waals surface area contributed by atoms with Crippen molar-refractivity contribution in [2.75, 3.05) is 0 Å². The number of hydrogen-bond acceptors (Lipinski definition) is 2. The van der Waals surface area contributed by atoms with E-state index in [0.29, 0.717) is 0 Å². The molecule has 0 radical (unpaired) electrons. The van der Waals surface area contributed by atoms with Gasteiger partial charge in [-0.3, -0.25) is 0 Å². The van der Waals surface area contributed by atoms with Gasteiger partial charge in [-0.15, -0.1) is 0 Å². The summed E-state index contributed by atoms with van der Waals surface area (Å²) in [6.45, 7) is 1.83. The van der Waals surface area contributed by atoms with Crippen LogP contribution in [-0.4, -0.2) is 15.8 Å². The fourth-order valence-electron chi connectivity index (χ4n) is 0.738. The van der Waals surface area contributed by atoms with E-state index in [2.05, 4.69) is 4.98 Å².